The van der Waals surface area contributed by atoms with E-state index in [0.29, 0.717) is 0 Å². The first-order valence-corrected chi connectivity index (χ1v) is 4.74. The number of carboxylic acid groups (broad SMARTS) is 1. The molecule has 1 aliphatic carbocycles. The van der Waals surface area contributed by atoms with E-state index in [4.69, 9.17) is 5.11 Å². The van der Waals surface area contributed by atoms with Gasteiger partial charge in [-0.05, 0) is 38.1 Å². The predicted octanol–water partition coefficient (Wildman–Crippen LogP) is 0.945. The Hall–Kier alpha value is -0.570. The van der Waals surface area contributed by atoms with E-state index in [9.17, 15) is 4.79 Å². The van der Waals surface area contributed by atoms with Crippen molar-refractivity contribution in [1.82, 2.24) is 4.90 Å². The zero-order valence-electron chi connectivity index (χ0n) is 7.20. The van der Waals surface area contributed by atoms with Crippen molar-refractivity contribution in [3.8, 4) is 0 Å². The van der Waals surface area contributed by atoms with Crippen molar-refractivity contribution in [2.75, 3.05) is 13.1 Å². The lowest BCUT2D eigenvalue weighted by atomic mass is 10.2. The molecule has 3 heteroatoms. The molecule has 2 fully saturated rings. The molecule has 0 aromatic heterocycles. The van der Waals surface area contributed by atoms with Crippen molar-refractivity contribution in [2.24, 2.45) is 5.92 Å². The molecule has 1 saturated heterocycles. The van der Waals surface area contributed by atoms with E-state index in [1.807, 2.05) is 0 Å². The summed E-state index contributed by atoms with van der Waals surface area (Å²) in [6, 6.07) is -0.175. The van der Waals surface area contributed by atoms with Crippen molar-refractivity contribution in [2.45, 2.75) is 31.7 Å². The van der Waals surface area contributed by atoms with Crippen LogP contribution in [0, 0.1) is 5.92 Å². The number of nitrogens with zero attached hydrogens (tertiary/aromatic N) is 1. The number of aliphatic carboxylic acids is 1. The lowest BCUT2D eigenvalue weighted by Gasteiger charge is -2.20. The zero-order valence-corrected chi connectivity index (χ0v) is 7.20. The number of rotatable bonds is 3. The maximum Gasteiger partial charge on any atom is 0.320 e. The summed E-state index contributed by atoms with van der Waals surface area (Å²) in [5, 5.41) is 8.88. The molecule has 1 atom stereocenters. The average molecular weight is 169 g/mol. The molecule has 2 aliphatic rings. The van der Waals surface area contributed by atoms with Crippen LogP contribution in [0.4, 0.5) is 0 Å². The topological polar surface area (TPSA) is 40.5 Å². The fourth-order valence-corrected chi connectivity index (χ4v) is 1.96. The zero-order chi connectivity index (χ0) is 8.55. The second-order valence-electron chi connectivity index (χ2n) is 3.93. The summed E-state index contributed by atoms with van der Waals surface area (Å²) in [7, 11) is 0. The van der Waals surface area contributed by atoms with Gasteiger partial charge in [-0.25, -0.2) is 0 Å². The van der Waals surface area contributed by atoms with Crippen LogP contribution in [-0.2, 0) is 4.79 Å². The van der Waals surface area contributed by atoms with E-state index < -0.39 is 5.97 Å². The molecule has 3 nitrogen and oxygen atoms in total. The Bertz CT molecular complexity index is 189. The highest BCUT2D eigenvalue weighted by molar-refractivity contribution is 5.73. The summed E-state index contributed by atoms with van der Waals surface area (Å²) in [5.41, 5.74) is 0. The van der Waals surface area contributed by atoms with Crippen LogP contribution in [0.2, 0.25) is 0 Å². The van der Waals surface area contributed by atoms with E-state index in [2.05, 4.69) is 4.90 Å². The lowest BCUT2D eigenvalue weighted by Crippen LogP contribution is -2.37. The number of carboxylic acids is 1. The van der Waals surface area contributed by atoms with Gasteiger partial charge in [0, 0.05) is 6.54 Å². The van der Waals surface area contributed by atoms with Gasteiger partial charge in [-0.15, -0.1) is 0 Å². The van der Waals surface area contributed by atoms with Gasteiger partial charge in [-0.2, -0.15) is 0 Å². The van der Waals surface area contributed by atoms with Gasteiger partial charge < -0.3 is 5.11 Å². The molecule has 68 valence electrons. The SMILES string of the molecule is O=C(O)C1CCCN1CC1CC1. The summed E-state index contributed by atoms with van der Waals surface area (Å²) >= 11 is 0. The van der Waals surface area contributed by atoms with Crippen molar-refractivity contribution >= 4 is 5.97 Å². The number of hydrogen-bond acceptors (Lipinski definition) is 2. The molecule has 0 radical (unpaired) electrons. The molecule has 0 aromatic rings. The average Bonchev–Trinajstić information content (AvgIpc) is 2.66. The first-order chi connectivity index (χ1) is 5.77. The second kappa shape index (κ2) is 3.05. The summed E-state index contributed by atoms with van der Waals surface area (Å²) in [5.74, 6) is 0.179. The minimum Gasteiger partial charge on any atom is -0.480 e. The highest BCUT2D eigenvalue weighted by atomic mass is 16.4. The molecule has 1 unspecified atom stereocenters. The summed E-state index contributed by atoms with van der Waals surface area (Å²) in [6.45, 7) is 2.02. The molecule has 0 amide bonds. The normalized spacial score (nSPS) is 30.8. The first-order valence-electron chi connectivity index (χ1n) is 4.74. The summed E-state index contributed by atoms with van der Waals surface area (Å²) in [6.07, 6.45) is 4.53. The van der Waals surface area contributed by atoms with Gasteiger partial charge in [0.1, 0.15) is 6.04 Å². The predicted molar refractivity (Wildman–Crippen MR) is 45.0 cm³/mol. The number of carbonyl (C=O) groups is 1. The van der Waals surface area contributed by atoms with Gasteiger partial charge in [-0.1, -0.05) is 0 Å². The van der Waals surface area contributed by atoms with E-state index in [1.54, 1.807) is 0 Å². The third-order valence-electron chi connectivity index (χ3n) is 2.84. The fraction of sp³-hybridized carbons (Fsp3) is 0.889. The van der Waals surface area contributed by atoms with Crippen molar-refractivity contribution < 1.29 is 9.90 Å². The Morgan fingerprint density at radius 3 is 2.75 bits per heavy atom. The quantitative estimate of drug-likeness (QED) is 0.683. The second-order valence-corrected chi connectivity index (χ2v) is 3.93. The number of likely N-dealkylation sites (tertiary alicyclic amines) is 1. The monoisotopic (exact) mass is 169 g/mol. The van der Waals surface area contributed by atoms with Crippen LogP contribution < -0.4 is 0 Å². The molecule has 2 rings (SSSR count). The third kappa shape index (κ3) is 1.61. The molecule has 1 N–H and O–H groups in total. The van der Waals surface area contributed by atoms with E-state index in [0.717, 1.165) is 31.8 Å². The molecule has 1 aliphatic heterocycles. The van der Waals surface area contributed by atoms with E-state index >= 15 is 0 Å². The molecule has 0 bridgehead atoms. The van der Waals surface area contributed by atoms with Crippen LogP contribution in [0.1, 0.15) is 25.7 Å². The molecule has 1 saturated carbocycles. The highest BCUT2D eigenvalue weighted by Gasteiger charge is 2.34. The Morgan fingerprint density at radius 1 is 1.42 bits per heavy atom. The Balaban J connectivity index is 1.88. The van der Waals surface area contributed by atoms with E-state index in [1.165, 1.54) is 12.8 Å². The smallest absolute Gasteiger partial charge is 0.320 e. The van der Waals surface area contributed by atoms with Crippen LogP contribution in [0.3, 0.4) is 0 Å². The van der Waals surface area contributed by atoms with Gasteiger partial charge in [0.15, 0.2) is 0 Å². The Labute approximate surface area is 72.4 Å². The summed E-state index contributed by atoms with van der Waals surface area (Å²) < 4.78 is 0. The summed E-state index contributed by atoms with van der Waals surface area (Å²) in [4.78, 5) is 12.9. The van der Waals surface area contributed by atoms with Gasteiger partial charge in [-0.3, -0.25) is 9.69 Å². The Kier molecular flexibility index (Phi) is 2.05. The van der Waals surface area contributed by atoms with Gasteiger partial charge in [0.2, 0.25) is 0 Å². The van der Waals surface area contributed by atoms with Crippen LogP contribution in [-0.4, -0.2) is 35.1 Å². The van der Waals surface area contributed by atoms with Crippen LogP contribution in [0.5, 0.6) is 0 Å². The lowest BCUT2D eigenvalue weighted by molar-refractivity contribution is -0.142. The Morgan fingerprint density at radius 2 is 2.17 bits per heavy atom. The van der Waals surface area contributed by atoms with Gasteiger partial charge in [0.25, 0.3) is 0 Å². The van der Waals surface area contributed by atoms with Crippen LogP contribution >= 0.6 is 0 Å². The van der Waals surface area contributed by atoms with Crippen LogP contribution in [0.25, 0.3) is 0 Å². The molecular formula is C9H15NO2. The standard InChI is InChI=1S/C9H15NO2/c11-9(12)8-2-1-5-10(8)6-7-3-4-7/h7-8H,1-6H2,(H,11,12). The highest BCUT2D eigenvalue weighted by Crippen LogP contribution is 2.32. The fourth-order valence-electron chi connectivity index (χ4n) is 1.96. The maximum atomic E-state index is 10.8. The van der Waals surface area contributed by atoms with E-state index in [-0.39, 0.29) is 6.04 Å². The van der Waals surface area contributed by atoms with Crippen LogP contribution in [0.15, 0.2) is 0 Å². The first kappa shape index (κ1) is 8.05. The van der Waals surface area contributed by atoms with Gasteiger partial charge in [0.05, 0.1) is 0 Å². The van der Waals surface area contributed by atoms with Crippen molar-refractivity contribution in [1.29, 1.82) is 0 Å². The molecular weight excluding hydrogens is 154 g/mol. The molecule has 0 spiro atoms. The van der Waals surface area contributed by atoms with Crippen molar-refractivity contribution in [3.63, 3.8) is 0 Å². The maximum absolute atomic E-state index is 10.8. The minimum absolute atomic E-state index is 0.175. The molecule has 0 aromatic carbocycles. The largest absolute Gasteiger partial charge is 0.480 e. The van der Waals surface area contributed by atoms with Gasteiger partial charge >= 0.3 is 5.97 Å². The van der Waals surface area contributed by atoms with Crippen molar-refractivity contribution in [3.05, 3.63) is 0 Å². The third-order valence-corrected chi connectivity index (χ3v) is 2.84. The minimum atomic E-state index is -0.631. The molecule has 1 heterocycles. The number of hydrogen-bond donors (Lipinski definition) is 1. The molecule has 12 heavy (non-hydrogen) atoms.